The van der Waals surface area contributed by atoms with Gasteiger partial charge < -0.3 is 4.74 Å². The van der Waals surface area contributed by atoms with Crippen molar-refractivity contribution in [3.05, 3.63) is 29.3 Å². The Morgan fingerprint density at radius 2 is 2.38 bits per heavy atom. The van der Waals surface area contributed by atoms with Crippen LogP contribution in [0.1, 0.15) is 24.0 Å². The van der Waals surface area contributed by atoms with Crippen LogP contribution < -0.4 is 4.74 Å². The second kappa shape index (κ2) is 3.70. The maximum absolute atomic E-state index is 5.46. The molecule has 0 radical (unpaired) electrons. The van der Waals surface area contributed by atoms with Gasteiger partial charge in [-0.15, -0.1) is 0 Å². The molecule has 0 aliphatic carbocycles. The van der Waals surface area contributed by atoms with Crippen LogP contribution in [0.3, 0.4) is 0 Å². The predicted octanol–water partition coefficient (Wildman–Crippen LogP) is 3.12. The lowest BCUT2D eigenvalue weighted by Crippen LogP contribution is -1.94. The van der Waals surface area contributed by atoms with Gasteiger partial charge in [0.05, 0.1) is 6.61 Å². The number of rotatable bonds is 2. The molecule has 2 rings (SSSR count). The molecule has 0 fully saturated rings. The Hall–Kier alpha value is -0.500. The van der Waals surface area contributed by atoms with Gasteiger partial charge in [0.1, 0.15) is 5.75 Å². The van der Waals surface area contributed by atoms with Gasteiger partial charge in [0.15, 0.2) is 0 Å². The minimum atomic E-state index is 0.589. The highest BCUT2D eigenvalue weighted by molar-refractivity contribution is 9.09. The first-order valence-electron chi connectivity index (χ1n) is 4.63. The van der Waals surface area contributed by atoms with Crippen LogP contribution in [-0.4, -0.2) is 11.9 Å². The average Bonchev–Trinajstić information content (AvgIpc) is 2.63. The lowest BCUT2D eigenvalue weighted by atomic mass is 10.00. The Bertz CT molecular complexity index is 309. The van der Waals surface area contributed by atoms with Crippen LogP contribution >= 0.6 is 15.9 Å². The lowest BCUT2D eigenvalue weighted by Gasteiger charge is -2.09. The normalized spacial score (nSPS) is 16.5. The Morgan fingerprint density at radius 1 is 1.54 bits per heavy atom. The first kappa shape index (κ1) is 9.07. The van der Waals surface area contributed by atoms with E-state index in [9.17, 15) is 0 Å². The third-order valence-electron chi connectivity index (χ3n) is 2.51. The van der Waals surface area contributed by atoms with E-state index < -0.39 is 0 Å². The van der Waals surface area contributed by atoms with Gasteiger partial charge in [-0.3, -0.25) is 0 Å². The van der Waals surface area contributed by atoms with Crippen molar-refractivity contribution in [2.24, 2.45) is 0 Å². The van der Waals surface area contributed by atoms with E-state index in [1.165, 1.54) is 11.1 Å². The monoisotopic (exact) mass is 240 g/mol. The average molecular weight is 241 g/mol. The van der Waals surface area contributed by atoms with E-state index in [1.54, 1.807) is 0 Å². The minimum Gasteiger partial charge on any atom is -0.493 e. The van der Waals surface area contributed by atoms with Crippen molar-refractivity contribution in [3.8, 4) is 5.75 Å². The largest absolute Gasteiger partial charge is 0.493 e. The third kappa shape index (κ3) is 1.73. The second-order valence-electron chi connectivity index (χ2n) is 3.52. The number of fused-ring (bicyclic) bond motifs is 1. The Morgan fingerprint density at radius 3 is 3.15 bits per heavy atom. The van der Waals surface area contributed by atoms with Gasteiger partial charge in [0.25, 0.3) is 0 Å². The number of alkyl halides is 1. The maximum Gasteiger partial charge on any atom is 0.122 e. The topological polar surface area (TPSA) is 9.23 Å². The van der Waals surface area contributed by atoms with Gasteiger partial charge in [0, 0.05) is 11.8 Å². The van der Waals surface area contributed by atoms with E-state index in [1.807, 2.05) is 0 Å². The Labute approximate surface area is 87.2 Å². The number of ether oxygens (including phenoxy) is 1. The van der Waals surface area contributed by atoms with Crippen molar-refractivity contribution in [1.29, 1.82) is 0 Å². The van der Waals surface area contributed by atoms with Crippen LogP contribution in [0.15, 0.2) is 18.2 Å². The van der Waals surface area contributed by atoms with Gasteiger partial charge in [-0.1, -0.05) is 35.0 Å². The molecule has 0 saturated carbocycles. The van der Waals surface area contributed by atoms with Crippen LogP contribution in [0.4, 0.5) is 0 Å². The van der Waals surface area contributed by atoms with Gasteiger partial charge in [-0.25, -0.2) is 0 Å². The predicted molar refractivity (Wildman–Crippen MR) is 57.9 cm³/mol. The molecule has 70 valence electrons. The molecule has 1 heterocycles. The van der Waals surface area contributed by atoms with Gasteiger partial charge in [0.2, 0.25) is 0 Å². The molecule has 0 N–H and O–H groups in total. The number of hydrogen-bond acceptors (Lipinski definition) is 1. The molecule has 1 aromatic carbocycles. The van der Waals surface area contributed by atoms with Crippen LogP contribution in [-0.2, 0) is 6.42 Å². The van der Waals surface area contributed by atoms with Crippen molar-refractivity contribution in [2.75, 3.05) is 11.9 Å². The highest BCUT2D eigenvalue weighted by atomic mass is 79.9. The number of halogens is 1. The maximum atomic E-state index is 5.46. The highest BCUT2D eigenvalue weighted by Gasteiger charge is 2.13. The Kier molecular flexibility index (Phi) is 2.58. The molecule has 1 aromatic rings. The summed E-state index contributed by atoms with van der Waals surface area (Å²) in [4.78, 5) is 0. The summed E-state index contributed by atoms with van der Waals surface area (Å²) >= 11 is 3.50. The smallest absolute Gasteiger partial charge is 0.122 e. The fraction of sp³-hybridized carbons (Fsp3) is 0.455. The van der Waals surface area contributed by atoms with Crippen molar-refractivity contribution in [3.63, 3.8) is 0 Å². The Balaban J connectivity index is 2.30. The molecule has 0 amide bonds. The summed E-state index contributed by atoms with van der Waals surface area (Å²) in [5.74, 6) is 1.66. The molecule has 0 aromatic heterocycles. The van der Waals surface area contributed by atoms with Crippen LogP contribution in [0.2, 0.25) is 0 Å². The van der Waals surface area contributed by atoms with E-state index in [2.05, 4.69) is 41.1 Å². The molecule has 1 unspecified atom stereocenters. The zero-order chi connectivity index (χ0) is 9.26. The van der Waals surface area contributed by atoms with Gasteiger partial charge in [-0.05, 0) is 23.1 Å². The molecule has 1 aliphatic rings. The molecule has 0 saturated heterocycles. The summed E-state index contributed by atoms with van der Waals surface area (Å²) in [7, 11) is 0. The van der Waals surface area contributed by atoms with Crippen LogP contribution in [0, 0.1) is 0 Å². The minimum absolute atomic E-state index is 0.589. The fourth-order valence-corrected chi connectivity index (χ4v) is 1.98. The highest BCUT2D eigenvalue weighted by Crippen LogP contribution is 2.29. The summed E-state index contributed by atoms with van der Waals surface area (Å²) in [6.07, 6.45) is 1.07. The molecule has 1 atom stereocenters. The van der Waals surface area contributed by atoms with Crippen LogP contribution in [0.5, 0.6) is 5.75 Å². The fourth-order valence-electron chi connectivity index (χ4n) is 1.60. The molecular weight excluding hydrogens is 228 g/mol. The SMILES string of the molecule is CC(CBr)c1ccc2c(c1)CCO2. The summed E-state index contributed by atoms with van der Waals surface area (Å²) in [5, 5.41) is 1.02. The summed E-state index contributed by atoms with van der Waals surface area (Å²) < 4.78 is 5.46. The van der Waals surface area contributed by atoms with Crippen LogP contribution in [0.25, 0.3) is 0 Å². The number of benzene rings is 1. The molecule has 0 bridgehead atoms. The van der Waals surface area contributed by atoms with E-state index in [4.69, 9.17) is 4.74 Å². The first-order chi connectivity index (χ1) is 6.31. The van der Waals surface area contributed by atoms with Crippen molar-refractivity contribution in [2.45, 2.75) is 19.3 Å². The van der Waals surface area contributed by atoms with E-state index >= 15 is 0 Å². The number of hydrogen-bond donors (Lipinski definition) is 0. The van der Waals surface area contributed by atoms with Crippen molar-refractivity contribution < 1.29 is 4.74 Å². The molecule has 0 spiro atoms. The van der Waals surface area contributed by atoms with E-state index in [0.717, 1.165) is 24.1 Å². The van der Waals surface area contributed by atoms with Gasteiger partial charge in [-0.2, -0.15) is 0 Å². The molecule has 1 aliphatic heterocycles. The van der Waals surface area contributed by atoms with Crippen molar-refractivity contribution >= 4 is 15.9 Å². The third-order valence-corrected chi connectivity index (χ3v) is 3.49. The molecule has 2 heteroatoms. The van der Waals surface area contributed by atoms with E-state index in [0.29, 0.717) is 5.92 Å². The van der Waals surface area contributed by atoms with Crippen molar-refractivity contribution in [1.82, 2.24) is 0 Å². The zero-order valence-electron chi connectivity index (χ0n) is 7.72. The molecule has 1 nitrogen and oxygen atoms in total. The quantitative estimate of drug-likeness (QED) is 0.723. The summed E-state index contributed by atoms with van der Waals surface area (Å²) in [5.41, 5.74) is 2.77. The first-order valence-corrected chi connectivity index (χ1v) is 5.75. The summed E-state index contributed by atoms with van der Waals surface area (Å²) in [6.45, 7) is 3.08. The molecular formula is C11H13BrO. The van der Waals surface area contributed by atoms with E-state index in [-0.39, 0.29) is 0 Å². The second-order valence-corrected chi connectivity index (χ2v) is 4.17. The molecule has 13 heavy (non-hydrogen) atoms. The van der Waals surface area contributed by atoms with Gasteiger partial charge >= 0.3 is 0 Å². The standard InChI is InChI=1S/C11H13BrO/c1-8(7-12)9-2-3-11-10(6-9)4-5-13-11/h2-3,6,8H,4-5,7H2,1H3. The summed E-state index contributed by atoms with van der Waals surface area (Å²) in [6, 6.07) is 6.53. The lowest BCUT2D eigenvalue weighted by molar-refractivity contribution is 0.357. The zero-order valence-corrected chi connectivity index (χ0v) is 9.30.